The number of nitrogens with zero attached hydrogens (tertiary/aromatic N) is 2. The monoisotopic (exact) mass is 570 g/mol. The zero-order valence-electron chi connectivity index (χ0n) is 22.6. The van der Waals surface area contributed by atoms with Crippen molar-refractivity contribution in [1.29, 1.82) is 0 Å². The highest BCUT2D eigenvalue weighted by Gasteiger charge is 2.39. The Morgan fingerprint density at radius 1 is 1.21 bits per heavy atom. The minimum atomic E-state index is -4.19. The molecule has 1 saturated carbocycles. The lowest BCUT2D eigenvalue weighted by Gasteiger charge is -2.40. The van der Waals surface area contributed by atoms with Crippen molar-refractivity contribution in [3.8, 4) is 0 Å². The van der Waals surface area contributed by atoms with Gasteiger partial charge in [-0.3, -0.25) is 14.3 Å². The Balaban J connectivity index is 1.87. The summed E-state index contributed by atoms with van der Waals surface area (Å²) in [7, 11) is -7.79. The zero-order chi connectivity index (χ0) is 28.3. The van der Waals surface area contributed by atoms with Crippen LogP contribution in [-0.2, 0) is 34.4 Å². The highest BCUT2D eigenvalue weighted by Crippen LogP contribution is 2.33. The number of hydrogen-bond donors (Lipinski definition) is 2. The van der Waals surface area contributed by atoms with E-state index in [9.17, 15) is 26.4 Å². The number of amides is 1. The van der Waals surface area contributed by atoms with Crippen molar-refractivity contribution in [3.63, 3.8) is 0 Å². The molecule has 11 nitrogen and oxygen atoms in total. The molecule has 38 heavy (non-hydrogen) atoms. The molecule has 2 atom stereocenters. The van der Waals surface area contributed by atoms with Crippen LogP contribution >= 0.6 is 0 Å². The molecule has 2 aliphatic rings. The van der Waals surface area contributed by atoms with E-state index in [4.69, 9.17) is 4.74 Å². The van der Waals surface area contributed by atoms with Crippen LogP contribution in [0.25, 0.3) is 0 Å². The minimum absolute atomic E-state index is 0.0319. The van der Waals surface area contributed by atoms with Gasteiger partial charge in [0, 0.05) is 18.3 Å². The van der Waals surface area contributed by atoms with E-state index in [1.54, 1.807) is 11.8 Å². The van der Waals surface area contributed by atoms with Gasteiger partial charge >= 0.3 is 5.97 Å². The highest BCUT2D eigenvalue weighted by molar-refractivity contribution is 7.92. The Kier molecular flexibility index (Phi) is 9.12. The van der Waals surface area contributed by atoms with Gasteiger partial charge in [0.25, 0.3) is 10.0 Å². The predicted octanol–water partition coefficient (Wildman–Crippen LogP) is 3.35. The Morgan fingerprint density at radius 3 is 2.53 bits per heavy atom. The van der Waals surface area contributed by atoms with Crippen molar-refractivity contribution in [1.82, 2.24) is 4.90 Å². The maximum absolute atomic E-state index is 13.7. The summed E-state index contributed by atoms with van der Waals surface area (Å²) >= 11 is 0. The van der Waals surface area contributed by atoms with Crippen molar-refractivity contribution < 1.29 is 31.2 Å². The average molecular weight is 571 g/mol. The summed E-state index contributed by atoms with van der Waals surface area (Å²) in [5, 5.41) is 2.91. The Bertz CT molecular complexity index is 1300. The van der Waals surface area contributed by atoms with Gasteiger partial charge in [-0.1, -0.05) is 33.6 Å². The molecule has 3 rings (SSSR count). The number of benzene rings is 1. The fourth-order valence-electron chi connectivity index (χ4n) is 4.75. The van der Waals surface area contributed by atoms with E-state index in [-0.39, 0.29) is 58.5 Å². The number of carbonyl (C=O) groups excluding carboxylic acids is 2. The molecule has 2 N–H and O–H groups in total. The molecule has 1 heterocycles. The molecule has 1 fully saturated rings. The van der Waals surface area contributed by atoms with Gasteiger partial charge in [0.05, 0.1) is 30.9 Å². The van der Waals surface area contributed by atoms with Crippen LogP contribution in [0.2, 0.25) is 0 Å². The molecule has 0 spiro atoms. The normalized spacial score (nSPS) is 20.9. The van der Waals surface area contributed by atoms with Crippen molar-refractivity contribution >= 4 is 49.1 Å². The topological polar surface area (TPSA) is 151 Å². The first-order valence-corrected chi connectivity index (χ1v) is 16.1. The number of esters is 1. The first-order valence-electron chi connectivity index (χ1n) is 12.8. The first-order chi connectivity index (χ1) is 17.6. The van der Waals surface area contributed by atoms with Crippen molar-refractivity contribution in [2.24, 2.45) is 15.7 Å². The minimum Gasteiger partial charge on any atom is -0.466 e. The van der Waals surface area contributed by atoms with Gasteiger partial charge in [-0.25, -0.2) is 8.42 Å². The van der Waals surface area contributed by atoms with E-state index in [0.717, 1.165) is 19.1 Å². The Morgan fingerprint density at radius 2 is 1.89 bits per heavy atom. The van der Waals surface area contributed by atoms with Crippen LogP contribution in [-0.4, -0.2) is 64.9 Å². The number of fused-ring (bicyclic) bond motifs is 1. The summed E-state index contributed by atoms with van der Waals surface area (Å²) in [5.41, 5.74) is 0.222. The molecule has 1 amide bonds. The van der Waals surface area contributed by atoms with Crippen LogP contribution in [0.15, 0.2) is 27.5 Å². The molecule has 1 aromatic carbocycles. The Hall–Kier alpha value is -2.67. The van der Waals surface area contributed by atoms with Gasteiger partial charge in [-0.05, 0) is 49.8 Å². The summed E-state index contributed by atoms with van der Waals surface area (Å²) < 4.78 is 60.3. The fourth-order valence-corrected chi connectivity index (χ4v) is 6.48. The molecule has 0 bridgehead atoms. The molecule has 13 heteroatoms. The number of rotatable bonds is 9. The molecular formula is C25H38N4O7S2. The molecule has 1 aliphatic carbocycles. The van der Waals surface area contributed by atoms with Crippen molar-refractivity contribution in [2.75, 3.05) is 29.4 Å². The van der Waals surface area contributed by atoms with E-state index in [1.165, 1.54) is 18.2 Å². The van der Waals surface area contributed by atoms with Gasteiger partial charge in [-0.2, -0.15) is 8.42 Å². The van der Waals surface area contributed by atoms with Gasteiger partial charge in [0.1, 0.15) is 10.7 Å². The lowest BCUT2D eigenvalue weighted by Crippen LogP contribution is -2.50. The summed E-state index contributed by atoms with van der Waals surface area (Å²) in [4.78, 5) is 27.9. The largest absolute Gasteiger partial charge is 0.466 e. The Labute approximate surface area is 225 Å². The third-order valence-electron chi connectivity index (χ3n) is 6.53. The average Bonchev–Trinajstić information content (AvgIpc) is 2.78. The third-order valence-corrected chi connectivity index (χ3v) is 8.49. The SMILES string of the molecule is CCOC(=O)[C@@H]1CCCC[C@@H]1N(CCC(C)(C)C)C(=O)CC1=NS(=O)(=O)c2cc(NS(C)(=O)=O)ccc2N1. The molecule has 1 aromatic rings. The number of nitrogens with one attached hydrogen (secondary N) is 2. The number of sulfonamides is 2. The summed E-state index contributed by atoms with van der Waals surface area (Å²) in [6.07, 6.45) is 4.42. The van der Waals surface area contributed by atoms with Gasteiger partial charge in [0.2, 0.25) is 15.9 Å². The maximum Gasteiger partial charge on any atom is 0.311 e. The number of amidine groups is 1. The number of hydrogen-bond acceptors (Lipinski definition) is 8. The zero-order valence-corrected chi connectivity index (χ0v) is 24.2. The number of ether oxygens (including phenoxy) is 1. The van der Waals surface area contributed by atoms with Crippen LogP contribution < -0.4 is 10.0 Å². The molecular weight excluding hydrogens is 532 g/mol. The van der Waals surface area contributed by atoms with E-state index >= 15 is 0 Å². The molecule has 212 valence electrons. The van der Waals surface area contributed by atoms with Crippen LogP contribution in [0.1, 0.15) is 66.2 Å². The number of anilines is 2. The van der Waals surface area contributed by atoms with E-state index in [1.807, 2.05) is 0 Å². The lowest BCUT2D eigenvalue weighted by molar-refractivity contribution is -0.154. The van der Waals surface area contributed by atoms with Crippen LogP contribution in [0, 0.1) is 11.3 Å². The second-order valence-electron chi connectivity index (χ2n) is 11.0. The maximum atomic E-state index is 13.7. The molecule has 1 aliphatic heterocycles. The second-order valence-corrected chi connectivity index (χ2v) is 14.3. The van der Waals surface area contributed by atoms with E-state index in [2.05, 4.69) is 35.2 Å². The van der Waals surface area contributed by atoms with Crippen LogP contribution in [0.3, 0.4) is 0 Å². The summed E-state index contributed by atoms with van der Waals surface area (Å²) in [6.45, 7) is 8.65. The van der Waals surface area contributed by atoms with Gasteiger partial charge in [-0.15, -0.1) is 4.40 Å². The predicted molar refractivity (Wildman–Crippen MR) is 146 cm³/mol. The molecule has 0 unspecified atom stereocenters. The third kappa shape index (κ3) is 7.92. The lowest BCUT2D eigenvalue weighted by atomic mass is 9.82. The van der Waals surface area contributed by atoms with Crippen LogP contribution in [0.5, 0.6) is 0 Å². The summed E-state index contributed by atoms with van der Waals surface area (Å²) in [6, 6.07) is 3.70. The smallest absolute Gasteiger partial charge is 0.311 e. The quantitative estimate of drug-likeness (QED) is 0.429. The standard InChI is InChI=1S/C25H38N4O7S2/c1-6-36-24(31)18-9-7-8-10-20(18)29(14-13-25(2,3)4)23(30)16-22-26-19-12-11-17(27-37(5,32)33)15-21(19)38(34,35)28-22/h11-12,15,18,20,27H,6-10,13-14,16H2,1-5H3,(H,26,28)/t18-,20+/m1/s1. The van der Waals surface area contributed by atoms with Crippen molar-refractivity contribution in [3.05, 3.63) is 18.2 Å². The fraction of sp³-hybridized carbons (Fsp3) is 0.640. The second kappa shape index (κ2) is 11.6. The van der Waals surface area contributed by atoms with Gasteiger partial charge in [0.15, 0.2) is 0 Å². The van der Waals surface area contributed by atoms with E-state index < -0.39 is 26.0 Å². The number of carbonyl (C=O) groups is 2. The van der Waals surface area contributed by atoms with Gasteiger partial charge < -0.3 is 15.0 Å². The first kappa shape index (κ1) is 29.9. The van der Waals surface area contributed by atoms with E-state index in [0.29, 0.717) is 25.8 Å². The molecule has 0 saturated heterocycles. The summed E-state index contributed by atoms with van der Waals surface area (Å²) in [5.74, 6) is -1.10. The van der Waals surface area contributed by atoms with Crippen LogP contribution in [0.4, 0.5) is 11.4 Å². The molecule has 0 aromatic heterocycles. The highest BCUT2D eigenvalue weighted by atomic mass is 32.2. The molecule has 0 radical (unpaired) electrons. The van der Waals surface area contributed by atoms with Crippen molar-refractivity contribution in [2.45, 2.75) is 77.2 Å².